The van der Waals surface area contributed by atoms with Gasteiger partial charge in [0, 0.05) is 18.8 Å². The number of nitrogens with zero attached hydrogens (tertiary/aromatic N) is 1. The van der Waals surface area contributed by atoms with Gasteiger partial charge in [-0.25, -0.2) is 4.39 Å². The van der Waals surface area contributed by atoms with Crippen LogP contribution in [0.3, 0.4) is 0 Å². The minimum absolute atomic E-state index is 0.126. The van der Waals surface area contributed by atoms with E-state index in [4.69, 9.17) is 10.5 Å². The first kappa shape index (κ1) is 11.2. The van der Waals surface area contributed by atoms with Crippen LogP contribution in [0.1, 0.15) is 13.8 Å². The molecule has 0 radical (unpaired) electrons. The summed E-state index contributed by atoms with van der Waals surface area (Å²) in [6.07, 6.45) is 0.251. The highest BCUT2D eigenvalue weighted by atomic mass is 19.1. The Morgan fingerprint density at radius 2 is 1.94 bits per heavy atom. The van der Waals surface area contributed by atoms with Crippen molar-refractivity contribution >= 4 is 11.4 Å². The zero-order chi connectivity index (χ0) is 11.7. The molecular formula is C12H17FN2O. The number of nitrogens with two attached hydrogens (primary N) is 1. The van der Waals surface area contributed by atoms with Crippen LogP contribution in [0.4, 0.5) is 15.8 Å². The van der Waals surface area contributed by atoms with E-state index in [1.807, 2.05) is 18.7 Å². The topological polar surface area (TPSA) is 38.5 Å². The lowest BCUT2D eigenvalue weighted by molar-refractivity contribution is -0.00539. The van der Waals surface area contributed by atoms with Crippen LogP contribution in [0.2, 0.25) is 0 Å². The number of halogens is 1. The molecule has 1 aliphatic rings. The van der Waals surface area contributed by atoms with E-state index >= 15 is 0 Å². The third-order valence-corrected chi connectivity index (χ3v) is 2.73. The third kappa shape index (κ3) is 2.27. The van der Waals surface area contributed by atoms with Crippen molar-refractivity contribution in [2.45, 2.75) is 26.1 Å². The summed E-state index contributed by atoms with van der Waals surface area (Å²) < 4.78 is 19.3. The maximum atomic E-state index is 13.7. The van der Waals surface area contributed by atoms with Gasteiger partial charge < -0.3 is 15.4 Å². The highest BCUT2D eigenvalue weighted by molar-refractivity contribution is 5.54. The van der Waals surface area contributed by atoms with E-state index < -0.39 is 0 Å². The Kier molecular flexibility index (Phi) is 3.01. The Hall–Kier alpha value is -1.29. The average molecular weight is 224 g/mol. The number of hydrogen-bond acceptors (Lipinski definition) is 3. The lowest BCUT2D eigenvalue weighted by Gasteiger charge is -2.37. The van der Waals surface area contributed by atoms with Gasteiger partial charge in [0.2, 0.25) is 0 Å². The van der Waals surface area contributed by atoms with E-state index in [0.29, 0.717) is 24.5 Å². The maximum absolute atomic E-state index is 13.7. The largest absolute Gasteiger partial charge is 0.399 e. The first-order valence-corrected chi connectivity index (χ1v) is 5.51. The molecule has 1 aromatic rings. The number of ether oxygens (including phenoxy) is 1. The Bertz CT molecular complexity index is 373. The zero-order valence-corrected chi connectivity index (χ0v) is 9.61. The van der Waals surface area contributed by atoms with Crippen molar-refractivity contribution in [3.8, 4) is 0 Å². The minimum Gasteiger partial charge on any atom is -0.399 e. The van der Waals surface area contributed by atoms with E-state index in [9.17, 15) is 4.39 Å². The molecule has 1 saturated heterocycles. The molecule has 0 bridgehead atoms. The van der Waals surface area contributed by atoms with Crippen LogP contribution in [0.25, 0.3) is 0 Å². The van der Waals surface area contributed by atoms with Crippen molar-refractivity contribution in [2.24, 2.45) is 0 Å². The first-order valence-electron chi connectivity index (χ1n) is 5.51. The molecule has 0 spiro atoms. The van der Waals surface area contributed by atoms with Gasteiger partial charge in [-0.3, -0.25) is 0 Å². The number of rotatable bonds is 1. The number of nitrogen functional groups attached to an aromatic ring is 1. The Morgan fingerprint density at radius 3 is 2.50 bits per heavy atom. The monoisotopic (exact) mass is 224 g/mol. The van der Waals surface area contributed by atoms with Gasteiger partial charge in [0.15, 0.2) is 0 Å². The molecule has 4 heteroatoms. The Balaban J connectivity index is 2.23. The molecule has 1 aromatic carbocycles. The Labute approximate surface area is 95.0 Å². The van der Waals surface area contributed by atoms with E-state index in [-0.39, 0.29) is 18.0 Å². The zero-order valence-electron chi connectivity index (χ0n) is 9.61. The predicted molar refractivity (Wildman–Crippen MR) is 63.0 cm³/mol. The third-order valence-electron chi connectivity index (χ3n) is 2.73. The number of benzene rings is 1. The average Bonchev–Trinajstić information content (AvgIpc) is 2.15. The quantitative estimate of drug-likeness (QED) is 0.742. The molecule has 0 saturated carbocycles. The molecular weight excluding hydrogens is 207 g/mol. The van der Waals surface area contributed by atoms with Gasteiger partial charge in [0.1, 0.15) is 5.82 Å². The van der Waals surface area contributed by atoms with Gasteiger partial charge in [0.25, 0.3) is 0 Å². The van der Waals surface area contributed by atoms with Crippen LogP contribution >= 0.6 is 0 Å². The van der Waals surface area contributed by atoms with Crippen LogP contribution in [-0.2, 0) is 4.74 Å². The van der Waals surface area contributed by atoms with Gasteiger partial charge in [-0.05, 0) is 32.0 Å². The van der Waals surface area contributed by atoms with Gasteiger partial charge in [-0.1, -0.05) is 0 Å². The van der Waals surface area contributed by atoms with Crippen LogP contribution in [0.5, 0.6) is 0 Å². The molecule has 16 heavy (non-hydrogen) atoms. The number of hydrogen-bond donors (Lipinski definition) is 1. The molecule has 2 N–H and O–H groups in total. The van der Waals surface area contributed by atoms with Crippen LogP contribution in [0.15, 0.2) is 18.2 Å². The van der Waals surface area contributed by atoms with Gasteiger partial charge in [-0.2, -0.15) is 0 Å². The van der Waals surface area contributed by atoms with E-state index in [0.717, 1.165) is 0 Å². The first-order chi connectivity index (χ1) is 7.56. The summed E-state index contributed by atoms with van der Waals surface area (Å²) in [4.78, 5) is 2.01. The molecule has 88 valence electrons. The van der Waals surface area contributed by atoms with Crippen LogP contribution < -0.4 is 10.6 Å². The summed E-state index contributed by atoms with van der Waals surface area (Å²) in [7, 11) is 0. The number of morpholine rings is 1. The fraction of sp³-hybridized carbons (Fsp3) is 0.500. The molecule has 0 aliphatic carbocycles. The van der Waals surface area contributed by atoms with Crippen LogP contribution in [0, 0.1) is 5.82 Å². The fourth-order valence-electron chi connectivity index (χ4n) is 2.15. The Morgan fingerprint density at radius 1 is 1.31 bits per heavy atom. The smallest absolute Gasteiger partial charge is 0.148 e. The van der Waals surface area contributed by atoms with Gasteiger partial charge in [-0.15, -0.1) is 0 Å². The summed E-state index contributed by atoms with van der Waals surface area (Å²) in [6, 6.07) is 4.82. The minimum atomic E-state index is -0.263. The highest BCUT2D eigenvalue weighted by Gasteiger charge is 2.23. The fourth-order valence-corrected chi connectivity index (χ4v) is 2.15. The predicted octanol–water partition coefficient (Wildman–Crippen LogP) is 2.02. The van der Waals surface area contributed by atoms with Crippen molar-refractivity contribution in [1.82, 2.24) is 0 Å². The maximum Gasteiger partial charge on any atom is 0.148 e. The molecule has 2 atom stereocenters. The second-order valence-corrected chi connectivity index (χ2v) is 4.37. The molecule has 1 fully saturated rings. The van der Waals surface area contributed by atoms with Crippen molar-refractivity contribution in [3.63, 3.8) is 0 Å². The summed E-state index contributed by atoms with van der Waals surface area (Å²) >= 11 is 0. The SMILES string of the molecule is C[C@@H]1CN(c2ccc(N)cc2F)C[C@H](C)O1. The van der Waals surface area contributed by atoms with Crippen molar-refractivity contribution < 1.29 is 9.13 Å². The molecule has 0 aromatic heterocycles. The summed E-state index contributed by atoms with van der Waals surface area (Å²) in [5.41, 5.74) is 6.59. The lowest BCUT2D eigenvalue weighted by Crippen LogP contribution is -2.45. The highest BCUT2D eigenvalue weighted by Crippen LogP contribution is 2.24. The molecule has 0 amide bonds. The van der Waals surface area contributed by atoms with Gasteiger partial charge >= 0.3 is 0 Å². The van der Waals surface area contributed by atoms with Crippen molar-refractivity contribution in [2.75, 3.05) is 23.7 Å². The van der Waals surface area contributed by atoms with E-state index in [2.05, 4.69) is 0 Å². The summed E-state index contributed by atoms with van der Waals surface area (Å²) in [5.74, 6) is -0.263. The molecule has 0 unspecified atom stereocenters. The second kappa shape index (κ2) is 4.29. The second-order valence-electron chi connectivity index (χ2n) is 4.37. The van der Waals surface area contributed by atoms with E-state index in [1.54, 1.807) is 12.1 Å². The molecule has 1 aliphatic heterocycles. The number of anilines is 2. The molecule has 1 heterocycles. The lowest BCUT2D eigenvalue weighted by atomic mass is 10.2. The molecule has 2 rings (SSSR count). The van der Waals surface area contributed by atoms with E-state index in [1.165, 1.54) is 6.07 Å². The van der Waals surface area contributed by atoms with Crippen molar-refractivity contribution in [1.29, 1.82) is 0 Å². The standard InChI is InChI=1S/C12H17FN2O/c1-8-6-15(7-9(2)16-8)12-4-3-10(14)5-11(12)13/h3-5,8-9H,6-7,14H2,1-2H3/t8-,9+. The molecule has 3 nitrogen and oxygen atoms in total. The van der Waals surface area contributed by atoms with Crippen LogP contribution in [-0.4, -0.2) is 25.3 Å². The normalized spacial score (nSPS) is 25.8. The summed E-state index contributed by atoms with van der Waals surface area (Å²) in [5, 5.41) is 0. The summed E-state index contributed by atoms with van der Waals surface area (Å²) in [6.45, 7) is 5.42. The van der Waals surface area contributed by atoms with Crippen molar-refractivity contribution in [3.05, 3.63) is 24.0 Å². The van der Waals surface area contributed by atoms with Gasteiger partial charge in [0.05, 0.1) is 17.9 Å².